The van der Waals surface area contributed by atoms with Crippen molar-refractivity contribution in [1.82, 2.24) is 19.6 Å². The topological polar surface area (TPSA) is 95.5 Å². The predicted molar refractivity (Wildman–Crippen MR) is 121 cm³/mol. The summed E-state index contributed by atoms with van der Waals surface area (Å²) in [5.74, 6) is 1.45. The molecule has 0 radical (unpaired) electrons. The molecule has 1 saturated heterocycles. The molecule has 9 heteroatoms. The van der Waals surface area contributed by atoms with E-state index in [1.807, 2.05) is 26.8 Å². The number of carbonyl (C=O) groups excluding carboxylic acids is 1. The molecule has 1 aliphatic heterocycles. The summed E-state index contributed by atoms with van der Waals surface area (Å²) in [4.78, 5) is 26.0. The molecule has 0 bridgehead atoms. The lowest BCUT2D eigenvalue weighted by molar-refractivity contribution is 0.0745. The van der Waals surface area contributed by atoms with E-state index in [0.717, 1.165) is 22.9 Å². The maximum Gasteiger partial charge on any atom is 0.254 e. The van der Waals surface area contributed by atoms with Crippen molar-refractivity contribution < 1.29 is 13.2 Å². The Morgan fingerprint density at radius 2 is 1.65 bits per heavy atom. The molecular weight excluding hydrogens is 414 g/mol. The van der Waals surface area contributed by atoms with Gasteiger partial charge in [-0.25, -0.2) is 23.1 Å². The number of aromatic nitrogens is 2. The summed E-state index contributed by atoms with van der Waals surface area (Å²) in [6.45, 7) is 13.4. The van der Waals surface area contributed by atoms with E-state index in [-0.39, 0.29) is 10.8 Å². The number of anilines is 1. The maximum absolute atomic E-state index is 13.2. The van der Waals surface area contributed by atoms with E-state index in [9.17, 15) is 13.2 Å². The fraction of sp³-hybridized carbons (Fsp3) is 0.500. The fourth-order valence-electron chi connectivity index (χ4n) is 3.63. The zero-order chi connectivity index (χ0) is 23.0. The molecule has 31 heavy (non-hydrogen) atoms. The van der Waals surface area contributed by atoms with Crippen molar-refractivity contribution in [3.05, 3.63) is 46.9 Å². The van der Waals surface area contributed by atoms with Gasteiger partial charge >= 0.3 is 0 Å². The van der Waals surface area contributed by atoms with E-state index < -0.39 is 15.6 Å². The van der Waals surface area contributed by atoms with Gasteiger partial charge in [-0.3, -0.25) is 4.79 Å². The Labute approximate surface area is 184 Å². The minimum Gasteiger partial charge on any atom is -0.353 e. The molecule has 0 unspecified atom stereocenters. The van der Waals surface area contributed by atoms with Gasteiger partial charge in [0.15, 0.2) is 0 Å². The summed E-state index contributed by atoms with van der Waals surface area (Å²) in [7, 11) is -3.72. The van der Waals surface area contributed by atoms with Crippen LogP contribution in [0.2, 0.25) is 0 Å². The van der Waals surface area contributed by atoms with Crippen LogP contribution in [0.5, 0.6) is 0 Å². The molecule has 1 aliphatic rings. The van der Waals surface area contributed by atoms with Crippen molar-refractivity contribution in [1.29, 1.82) is 0 Å². The van der Waals surface area contributed by atoms with Crippen molar-refractivity contribution in [2.75, 3.05) is 31.1 Å². The average molecular weight is 446 g/mol. The highest BCUT2D eigenvalue weighted by Crippen LogP contribution is 2.21. The van der Waals surface area contributed by atoms with Crippen LogP contribution < -0.4 is 9.62 Å². The largest absolute Gasteiger partial charge is 0.353 e. The quantitative estimate of drug-likeness (QED) is 0.777. The molecule has 2 aromatic rings. The van der Waals surface area contributed by atoms with Crippen LogP contribution in [-0.4, -0.2) is 60.9 Å². The Hall–Kier alpha value is -2.52. The second-order valence-electron chi connectivity index (χ2n) is 9.03. The molecule has 0 saturated carbocycles. The normalized spacial score (nSPS) is 15.3. The Balaban J connectivity index is 1.76. The lowest BCUT2D eigenvalue weighted by Crippen LogP contribution is -2.49. The van der Waals surface area contributed by atoms with Gasteiger partial charge in [0.25, 0.3) is 5.91 Å². The minimum absolute atomic E-state index is 0.0990. The van der Waals surface area contributed by atoms with Crippen LogP contribution in [0, 0.1) is 20.8 Å². The molecule has 0 aliphatic carbocycles. The number of carbonyl (C=O) groups is 1. The van der Waals surface area contributed by atoms with Gasteiger partial charge in [-0.05, 0) is 59.2 Å². The van der Waals surface area contributed by atoms with Crippen LogP contribution >= 0.6 is 0 Å². The predicted octanol–water partition coefficient (Wildman–Crippen LogP) is 2.44. The van der Waals surface area contributed by atoms with Crippen LogP contribution in [0.25, 0.3) is 0 Å². The third-order valence-corrected chi connectivity index (χ3v) is 6.79. The summed E-state index contributed by atoms with van der Waals surface area (Å²) < 4.78 is 28.1. The Bertz CT molecular complexity index is 1060. The average Bonchev–Trinajstić information content (AvgIpc) is 2.65. The number of benzene rings is 1. The van der Waals surface area contributed by atoms with Gasteiger partial charge < -0.3 is 9.80 Å². The van der Waals surface area contributed by atoms with Crippen LogP contribution in [0.1, 0.15) is 48.2 Å². The molecule has 0 atom stereocenters. The highest BCUT2D eigenvalue weighted by Gasteiger charge is 2.27. The van der Waals surface area contributed by atoms with E-state index >= 15 is 0 Å². The van der Waals surface area contributed by atoms with Gasteiger partial charge in [-0.15, -0.1) is 0 Å². The number of piperazine rings is 1. The Kier molecular flexibility index (Phi) is 6.38. The van der Waals surface area contributed by atoms with E-state index in [0.29, 0.717) is 31.7 Å². The third-order valence-electron chi connectivity index (χ3n) is 5.03. The minimum atomic E-state index is -3.72. The smallest absolute Gasteiger partial charge is 0.254 e. The van der Waals surface area contributed by atoms with Crippen LogP contribution in [-0.2, 0) is 10.0 Å². The van der Waals surface area contributed by atoms with Gasteiger partial charge in [-0.1, -0.05) is 6.07 Å². The van der Waals surface area contributed by atoms with Crippen LogP contribution in [0.4, 0.5) is 5.82 Å². The molecule has 8 nitrogen and oxygen atoms in total. The molecule has 2 heterocycles. The van der Waals surface area contributed by atoms with Gasteiger partial charge in [0.1, 0.15) is 11.6 Å². The molecule has 1 fully saturated rings. The first-order valence-electron chi connectivity index (χ1n) is 10.4. The first-order chi connectivity index (χ1) is 14.4. The number of hydrogen-bond acceptors (Lipinski definition) is 6. The molecule has 1 amide bonds. The molecule has 0 spiro atoms. The van der Waals surface area contributed by atoms with Gasteiger partial charge in [0.05, 0.1) is 4.90 Å². The lowest BCUT2D eigenvalue weighted by atomic mass is 10.1. The maximum atomic E-state index is 13.2. The number of rotatable bonds is 4. The number of nitrogens with zero attached hydrogens (tertiary/aromatic N) is 4. The molecular formula is C22H31N5O3S. The van der Waals surface area contributed by atoms with Crippen molar-refractivity contribution in [2.24, 2.45) is 0 Å². The molecule has 168 valence electrons. The summed E-state index contributed by atoms with van der Waals surface area (Å²) in [6, 6.07) is 6.66. The van der Waals surface area contributed by atoms with Crippen LogP contribution in [0.15, 0.2) is 29.2 Å². The highest BCUT2D eigenvalue weighted by molar-refractivity contribution is 7.89. The first-order valence-corrected chi connectivity index (χ1v) is 11.9. The number of amides is 1. The Morgan fingerprint density at radius 3 is 2.23 bits per heavy atom. The van der Waals surface area contributed by atoms with E-state index in [1.165, 1.54) is 12.1 Å². The van der Waals surface area contributed by atoms with E-state index in [4.69, 9.17) is 0 Å². The monoisotopic (exact) mass is 445 g/mol. The van der Waals surface area contributed by atoms with E-state index in [2.05, 4.69) is 19.6 Å². The fourth-order valence-corrected chi connectivity index (χ4v) is 5.07. The van der Waals surface area contributed by atoms with Crippen molar-refractivity contribution in [3.8, 4) is 0 Å². The van der Waals surface area contributed by atoms with Gasteiger partial charge in [0, 0.05) is 49.0 Å². The zero-order valence-corrected chi connectivity index (χ0v) is 19.9. The molecule has 1 aromatic carbocycles. The first kappa shape index (κ1) is 23.1. The number of hydrogen-bond donors (Lipinski definition) is 1. The van der Waals surface area contributed by atoms with Crippen molar-refractivity contribution in [3.63, 3.8) is 0 Å². The van der Waals surface area contributed by atoms with E-state index in [1.54, 1.807) is 31.7 Å². The highest BCUT2D eigenvalue weighted by atomic mass is 32.2. The second-order valence-corrected chi connectivity index (χ2v) is 10.7. The number of aryl methyl sites for hydroxylation is 3. The standard InChI is InChI=1S/C22H31N5O3S/c1-15-7-8-18(31(29,30)25-22(4,5)6)14-19(15)21(28)27-11-9-26(10-12-27)20-13-16(2)23-17(3)24-20/h7-8,13-14,25H,9-12H2,1-6H3. The number of nitrogens with one attached hydrogen (secondary N) is 1. The summed E-state index contributed by atoms with van der Waals surface area (Å²) >= 11 is 0. The van der Waals surface area contributed by atoms with Crippen molar-refractivity contribution in [2.45, 2.75) is 52.0 Å². The second kappa shape index (κ2) is 8.55. The van der Waals surface area contributed by atoms with Crippen molar-refractivity contribution >= 4 is 21.7 Å². The summed E-state index contributed by atoms with van der Waals surface area (Å²) in [5, 5.41) is 0. The molecule has 1 N–H and O–H groups in total. The Morgan fingerprint density at radius 1 is 1.00 bits per heavy atom. The number of sulfonamides is 1. The van der Waals surface area contributed by atoms with Gasteiger partial charge in [-0.2, -0.15) is 0 Å². The van der Waals surface area contributed by atoms with Gasteiger partial charge in [0.2, 0.25) is 10.0 Å². The summed E-state index contributed by atoms with van der Waals surface area (Å²) in [5.41, 5.74) is 1.48. The summed E-state index contributed by atoms with van der Waals surface area (Å²) in [6.07, 6.45) is 0. The lowest BCUT2D eigenvalue weighted by Gasteiger charge is -2.35. The SMILES string of the molecule is Cc1cc(N2CCN(C(=O)c3cc(S(=O)(=O)NC(C)(C)C)ccc3C)CC2)nc(C)n1. The van der Waals surface area contributed by atoms with Crippen LogP contribution in [0.3, 0.4) is 0 Å². The molecule has 1 aromatic heterocycles. The zero-order valence-electron chi connectivity index (χ0n) is 19.1. The molecule has 3 rings (SSSR count). The third kappa shape index (κ3) is 5.59.